The molecule has 0 bridgehead atoms. The number of hydrogen-bond acceptors (Lipinski definition) is 6. The maximum Gasteiger partial charge on any atom is 0.252 e. The molecule has 1 atom stereocenters. The first kappa shape index (κ1) is 17.1. The van der Waals surface area contributed by atoms with Crippen LogP contribution in [0.4, 0.5) is 0 Å². The van der Waals surface area contributed by atoms with Crippen LogP contribution in [-0.2, 0) is 21.4 Å². The Morgan fingerprint density at radius 3 is 2.79 bits per heavy atom. The van der Waals surface area contributed by atoms with E-state index in [0.29, 0.717) is 24.7 Å². The SMILES string of the molecule is COCc1nc([C@@H]2CCCCCN2S(=O)(=O)c2ccccc2)no1. The molecule has 0 amide bonds. The van der Waals surface area contributed by atoms with Crippen molar-refractivity contribution in [2.75, 3.05) is 13.7 Å². The highest BCUT2D eigenvalue weighted by Gasteiger charge is 2.35. The van der Waals surface area contributed by atoms with E-state index in [1.807, 2.05) is 0 Å². The zero-order chi connectivity index (χ0) is 17.0. The summed E-state index contributed by atoms with van der Waals surface area (Å²) in [5.74, 6) is 0.761. The second-order valence-electron chi connectivity index (χ2n) is 5.77. The zero-order valence-electron chi connectivity index (χ0n) is 13.6. The van der Waals surface area contributed by atoms with Gasteiger partial charge in [-0.3, -0.25) is 0 Å². The number of nitrogens with zero attached hydrogens (tertiary/aromatic N) is 3. The van der Waals surface area contributed by atoms with E-state index >= 15 is 0 Å². The lowest BCUT2D eigenvalue weighted by atomic mass is 10.1. The fraction of sp³-hybridized carbons (Fsp3) is 0.500. The van der Waals surface area contributed by atoms with Gasteiger partial charge in [-0.25, -0.2) is 8.42 Å². The third-order valence-electron chi connectivity index (χ3n) is 4.10. The van der Waals surface area contributed by atoms with E-state index in [9.17, 15) is 8.42 Å². The zero-order valence-corrected chi connectivity index (χ0v) is 14.4. The van der Waals surface area contributed by atoms with Crippen molar-refractivity contribution < 1.29 is 17.7 Å². The van der Waals surface area contributed by atoms with Crippen molar-refractivity contribution in [2.45, 2.75) is 43.2 Å². The Hall–Kier alpha value is -1.77. The van der Waals surface area contributed by atoms with E-state index in [1.54, 1.807) is 37.4 Å². The lowest BCUT2D eigenvalue weighted by Crippen LogP contribution is -2.35. The molecule has 24 heavy (non-hydrogen) atoms. The summed E-state index contributed by atoms with van der Waals surface area (Å²) in [4.78, 5) is 4.60. The van der Waals surface area contributed by atoms with Gasteiger partial charge in [-0.05, 0) is 25.0 Å². The summed E-state index contributed by atoms with van der Waals surface area (Å²) in [6.45, 7) is 0.668. The van der Waals surface area contributed by atoms with Crippen molar-refractivity contribution in [3.05, 3.63) is 42.0 Å². The monoisotopic (exact) mass is 351 g/mol. The molecule has 0 N–H and O–H groups in total. The predicted octanol–water partition coefficient (Wildman–Crippen LogP) is 2.52. The summed E-state index contributed by atoms with van der Waals surface area (Å²) in [5, 5.41) is 3.99. The molecular formula is C16H21N3O4S. The van der Waals surface area contributed by atoms with E-state index in [1.165, 1.54) is 4.31 Å². The molecule has 1 aromatic carbocycles. The first-order valence-electron chi connectivity index (χ1n) is 8.01. The molecule has 0 unspecified atom stereocenters. The molecule has 1 aliphatic heterocycles. The van der Waals surface area contributed by atoms with Gasteiger partial charge in [0, 0.05) is 13.7 Å². The Morgan fingerprint density at radius 2 is 2.04 bits per heavy atom. The van der Waals surface area contributed by atoms with Gasteiger partial charge in [0.15, 0.2) is 5.82 Å². The van der Waals surface area contributed by atoms with Gasteiger partial charge >= 0.3 is 0 Å². The van der Waals surface area contributed by atoms with Crippen LogP contribution in [0.2, 0.25) is 0 Å². The molecular weight excluding hydrogens is 330 g/mol. The van der Waals surface area contributed by atoms with Crippen LogP contribution in [0, 0.1) is 0 Å². The highest BCUT2D eigenvalue weighted by molar-refractivity contribution is 7.89. The molecule has 130 valence electrons. The number of ether oxygens (including phenoxy) is 1. The third-order valence-corrected chi connectivity index (χ3v) is 6.03. The van der Waals surface area contributed by atoms with Gasteiger partial charge < -0.3 is 9.26 Å². The molecule has 0 aliphatic carbocycles. The normalized spacial score (nSPS) is 20.0. The number of aromatic nitrogens is 2. The van der Waals surface area contributed by atoms with Crippen LogP contribution in [-0.4, -0.2) is 36.5 Å². The van der Waals surface area contributed by atoms with Gasteiger partial charge in [0.05, 0.1) is 10.9 Å². The van der Waals surface area contributed by atoms with E-state index in [4.69, 9.17) is 9.26 Å². The first-order chi connectivity index (χ1) is 11.6. The molecule has 0 spiro atoms. The average Bonchev–Trinajstić information content (AvgIpc) is 2.91. The molecule has 2 aromatic rings. The lowest BCUT2D eigenvalue weighted by Gasteiger charge is -2.26. The second-order valence-corrected chi connectivity index (χ2v) is 7.66. The predicted molar refractivity (Wildman–Crippen MR) is 86.6 cm³/mol. The summed E-state index contributed by atoms with van der Waals surface area (Å²) >= 11 is 0. The molecule has 1 aromatic heterocycles. The van der Waals surface area contributed by atoms with Gasteiger partial charge in [-0.15, -0.1) is 0 Å². The Morgan fingerprint density at radius 1 is 1.25 bits per heavy atom. The fourth-order valence-corrected chi connectivity index (χ4v) is 4.62. The maximum absolute atomic E-state index is 13.1. The molecule has 3 rings (SSSR count). The minimum absolute atomic E-state index is 0.213. The van der Waals surface area contributed by atoms with Gasteiger partial charge in [0.2, 0.25) is 10.0 Å². The van der Waals surface area contributed by atoms with Crippen LogP contribution in [0.5, 0.6) is 0 Å². The van der Waals surface area contributed by atoms with Gasteiger partial charge in [0.25, 0.3) is 5.89 Å². The maximum atomic E-state index is 13.1. The van der Waals surface area contributed by atoms with Crippen molar-refractivity contribution >= 4 is 10.0 Å². The topological polar surface area (TPSA) is 85.5 Å². The number of benzene rings is 1. The number of hydrogen-bond donors (Lipinski definition) is 0. The van der Waals surface area contributed by atoms with Crippen LogP contribution in [0.1, 0.15) is 43.4 Å². The minimum Gasteiger partial charge on any atom is -0.375 e. The number of sulfonamides is 1. The standard InChI is InChI=1S/C16H21N3O4S/c1-22-12-15-17-16(18-23-15)14-10-6-3-7-11-19(14)24(20,21)13-8-4-2-5-9-13/h2,4-5,8-9,14H,3,6-7,10-12H2,1H3/t14-/m0/s1. The largest absolute Gasteiger partial charge is 0.375 e. The van der Waals surface area contributed by atoms with Crippen molar-refractivity contribution in [3.63, 3.8) is 0 Å². The fourth-order valence-electron chi connectivity index (χ4n) is 2.94. The van der Waals surface area contributed by atoms with Crippen molar-refractivity contribution in [3.8, 4) is 0 Å². The molecule has 7 nitrogen and oxygen atoms in total. The summed E-state index contributed by atoms with van der Waals surface area (Å²) in [7, 11) is -2.06. The van der Waals surface area contributed by atoms with E-state index in [2.05, 4.69) is 10.1 Å². The van der Waals surface area contributed by atoms with Crippen molar-refractivity contribution in [1.29, 1.82) is 0 Å². The van der Waals surface area contributed by atoms with Crippen LogP contribution in [0.15, 0.2) is 39.8 Å². The summed E-state index contributed by atoms with van der Waals surface area (Å²) in [6.07, 6.45) is 3.42. The van der Waals surface area contributed by atoms with E-state index < -0.39 is 16.1 Å². The van der Waals surface area contributed by atoms with Crippen LogP contribution in [0.25, 0.3) is 0 Å². The Balaban J connectivity index is 1.95. The first-order valence-corrected chi connectivity index (χ1v) is 9.45. The quantitative estimate of drug-likeness (QED) is 0.823. The summed E-state index contributed by atoms with van der Waals surface area (Å²) in [5.41, 5.74) is 0. The van der Waals surface area contributed by atoms with Gasteiger partial charge in [0.1, 0.15) is 6.61 Å². The molecule has 2 heterocycles. The smallest absolute Gasteiger partial charge is 0.252 e. The molecule has 1 fully saturated rings. The molecule has 0 saturated carbocycles. The average molecular weight is 351 g/mol. The van der Waals surface area contributed by atoms with Crippen LogP contribution < -0.4 is 0 Å². The highest BCUT2D eigenvalue weighted by atomic mass is 32.2. The molecule has 0 radical (unpaired) electrons. The number of rotatable bonds is 5. The van der Waals surface area contributed by atoms with Crippen molar-refractivity contribution in [1.82, 2.24) is 14.4 Å². The second kappa shape index (κ2) is 7.42. The summed E-state index contributed by atoms with van der Waals surface area (Å²) < 4.78 is 37.8. The molecule has 1 saturated heterocycles. The lowest BCUT2D eigenvalue weighted by molar-refractivity contribution is 0.151. The molecule has 1 aliphatic rings. The Labute approximate surface area is 141 Å². The Bertz CT molecular complexity index is 761. The summed E-state index contributed by atoms with van der Waals surface area (Å²) in [6, 6.07) is 8.07. The molecule has 8 heteroatoms. The minimum atomic E-state index is -3.61. The van der Waals surface area contributed by atoms with Gasteiger partial charge in [-0.1, -0.05) is 36.2 Å². The van der Waals surface area contributed by atoms with E-state index in [0.717, 1.165) is 19.3 Å². The van der Waals surface area contributed by atoms with E-state index in [-0.39, 0.29) is 11.5 Å². The highest BCUT2D eigenvalue weighted by Crippen LogP contribution is 2.33. The van der Waals surface area contributed by atoms with Crippen LogP contribution >= 0.6 is 0 Å². The van der Waals surface area contributed by atoms with Gasteiger partial charge in [-0.2, -0.15) is 9.29 Å². The third kappa shape index (κ3) is 3.50. The van der Waals surface area contributed by atoms with Crippen molar-refractivity contribution in [2.24, 2.45) is 0 Å². The Kier molecular flexibility index (Phi) is 5.27. The van der Waals surface area contributed by atoms with Crippen LogP contribution in [0.3, 0.4) is 0 Å². The number of methoxy groups -OCH3 is 1.